The van der Waals surface area contributed by atoms with Crippen LogP contribution in [0, 0.1) is 0 Å². The van der Waals surface area contributed by atoms with E-state index in [4.69, 9.17) is 21.1 Å². The topological polar surface area (TPSA) is 109 Å². The van der Waals surface area contributed by atoms with Gasteiger partial charge in [0.15, 0.2) is 11.5 Å². The number of amides is 1. The highest BCUT2D eigenvalue weighted by molar-refractivity contribution is 7.92. The molecule has 2 aromatic carbocycles. The molecular formula is C25H26ClN3O6S. The molecule has 0 bridgehead atoms. The maximum absolute atomic E-state index is 14.2. The molecule has 1 amide bonds. The number of anilines is 1. The Morgan fingerprint density at radius 1 is 1.14 bits per heavy atom. The number of hydrogen-bond acceptors (Lipinski definition) is 6. The van der Waals surface area contributed by atoms with Gasteiger partial charge >= 0.3 is 6.09 Å². The lowest BCUT2D eigenvalue weighted by atomic mass is 10.1. The molecule has 4 rings (SSSR count). The van der Waals surface area contributed by atoms with Gasteiger partial charge in [-0.15, -0.1) is 0 Å². The van der Waals surface area contributed by atoms with E-state index in [2.05, 4.69) is 4.98 Å². The number of likely N-dealkylation sites (tertiary alicyclic amines) is 1. The number of benzene rings is 2. The van der Waals surface area contributed by atoms with Gasteiger partial charge in [0.05, 0.1) is 30.8 Å². The summed E-state index contributed by atoms with van der Waals surface area (Å²) < 4.78 is 40.2. The van der Waals surface area contributed by atoms with Gasteiger partial charge in [0.2, 0.25) is 0 Å². The number of hydrogen-bond donors (Lipinski definition) is 1. The van der Waals surface area contributed by atoms with Gasteiger partial charge in [-0.2, -0.15) is 0 Å². The van der Waals surface area contributed by atoms with Crippen molar-refractivity contribution in [1.29, 1.82) is 0 Å². The zero-order valence-electron chi connectivity index (χ0n) is 19.8. The van der Waals surface area contributed by atoms with Crippen molar-refractivity contribution in [1.82, 2.24) is 9.88 Å². The molecule has 3 aromatic rings. The van der Waals surface area contributed by atoms with E-state index in [1.54, 1.807) is 30.5 Å². The first kappa shape index (κ1) is 25.6. The van der Waals surface area contributed by atoms with Gasteiger partial charge in [-0.3, -0.25) is 9.29 Å². The lowest BCUT2D eigenvalue weighted by Crippen LogP contribution is -2.43. The van der Waals surface area contributed by atoms with Crippen molar-refractivity contribution < 1.29 is 27.8 Å². The third kappa shape index (κ3) is 5.19. The molecule has 1 aliphatic heterocycles. The molecule has 1 aromatic heterocycles. The lowest BCUT2D eigenvalue weighted by molar-refractivity contribution is 0.155. The highest BCUT2D eigenvalue weighted by Gasteiger charge is 2.39. The average Bonchev–Trinajstić information content (AvgIpc) is 3.35. The summed E-state index contributed by atoms with van der Waals surface area (Å²) in [5.74, 6) is 0.658. The highest BCUT2D eigenvalue weighted by atomic mass is 35.5. The van der Waals surface area contributed by atoms with Crippen LogP contribution in [0.3, 0.4) is 0 Å². The SMILES string of the molecule is COc1ccc(S(=O)(=O)N(c2ccc(Cl)cc2Cc2ccccn2)[C@@H]2CCN(C(=O)O)C2)cc1OC. The van der Waals surface area contributed by atoms with E-state index in [0.717, 1.165) is 5.69 Å². The summed E-state index contributed by atoms with van der Waals surface area (Å²) in [6.07, 6.45) is 1.25. The molecule has 0 aliphatic carbocycles. The first-order valence-corrected chi connectivity index (χ1v) is 13.0. The third-order valence-electron chi connectivity index (χ3n) is 6.05. The minimum atomic E-state index is -4.16. The van der Waals surface area contributed by atoms with Crippen molar-refractivity contribution >= 4 is 33.4 Å². The van der Waals surface area contributed by atoms with Crippen molar-refractivity contribution in [3.8, 4) is 11.5 Å². The Hall–Kier alpha value is -3.50. The summed E-state index contributed by atoms with van der Waals surface area (Å²) in [5.41, 5.74) is 1.80. The molecular weight excluding hydrogens is 506 g/mol. The third-order valence-corrected chi connectivity index (χ3v) is 8.15. The Bertz CT molecular complexity index is 1350. The van der Waals surface area contributed by atoms with Crippen molar-refractivity contribution in [3.05, 3.63) is 77.1 Å². The van der Waals surface area contributed by atoms with Gasteiger partial charge in [-0.05, 0) is 54.4 Å². The second kappa shape index (κ2) is 10.6. The molecule has 0 spiro atoms. The number of carbonyl (C=O) groups is 1. The minimum absolute atomic E-state index is 0.00680. The van der Waals surface area contributed by atoms with Crippen LogP contribution in [0.15, 0.2) is 65.7 Å². The van der Waals surface area contributed by atoms with Crippen molar-refractivity contribution in [2.45, 2.75) is 23.8 Å². The van der Waals surface area contributed by atoms with Crippen molar-refractivity contribution in [3.63, 3.8) is 0 Å². The molecule has 1 atom stereocenters. The van der Waals surface area contributed by atoms with Gasteiger partial charge in [-0.1, -0.05) is 17.7 Å². The van der Waals surface area contributed by atoms with Gasteiger partial charge in [0.1, 0.15) is 0 Å². The predicted octanol–water partition coefficient (Wildman–Crippen LogP) is 4.29. The molecule has 0 saturated carbocycles. The van der Waals surface area contributed by atoms with E-state index >= 15 is 0 Å². The lowest BCUT2D eigenvalue weighted by Gasteiger charge is -2.32. The fraction of sp³-hybridized carbons (Fsp3) is 0.280. The predicted molar refractivity (Wildman–Crippen MR) is 136 cm³/mol. The van der Waals surface area contributed by atoms with Crippen LogP contribution in [0.25, 0.3) is 0 Å². The Kier molecular flexibility index (Phi) is 7.56. The molecule has 0 unspecified atom stereocenters. The van der Waals surface area contributed by atoms with Crippen LogP contribution in [0.4, 0.5) is 10.5 Å². The monoisotopic (exact) mass is 531 g/mol. The number of pyridine rings is 1. The molecule has 11 heteroatoms. The summed E-state index contributed by atoms with van der Waals surface area (Å²) in [4.78, 5) is 17.2. The molecule has 1 aliphatic rings. The van der Waals surface area contributed by atoms with E-state index < -0.39 is 22.2 Å². The molecule has 1 N–H and O–H groups in total. The fourth-order valence-electron chi connectivity index (χ4n) is 4.33. The second-order valence-electron chi connectivity index (χ2n) is 8.26. The van der Waals surface area contributed by atoms with Crippen molar-refractivity contribution in [2.75, 3.05) is 31.6 Å². The number of rotatable bonds is 8. The molecule has 190 valence electrons. The first-order valence-electron chi connectivity index (χ1n) is 11.2. The maximum atomic E-state index is 14.2. The molecule has 1 fully saturated rings. The molecule has 0 radical (unpaired) electrons. The molecule has 36 heavy (non-hydrogen) atoms. The van der Waals surface area contributed by atoms with E-state index in [1.165, 1.54) is 41.6 Å². The van der Waals surface area contributed by atoms with Crippen molar-refractivity contribution in [2.24, 2.45) is 0 Å². The van der Waals surface area contributed by atoms with Crippen LogP contribution in [0.1, 0.15) is 17.7 Å². The number of halogens is 1. The Balaban J connectivity index is 1.86. The van der Waals surface area contributed by atoms with Gasteiger partial charge in [-0.25, -0.2) is 13.2 Å². The van der Waals surface area contributed by atoms with Gasteiger partial charge in [0.25, 0.3) is 10.0 Å². The van der Waals surface area contributed by atoms with Gasteiger partial charge in [0, 0.05) is 42.5 Å². The number of nitrogens with zero attached hydrogens (tertiary/aromatic N) is 3. The number of carboxylic acid groups (broad SMARTS) is 1. The molecule has 1 saturated heterocycles. The zero-order valence-corrected chi connectivity index (χ0v) is 21.4. The summed E-state index contributed by atoms with van der Waals surface area (Å²) >= 11 is 6.31. The minimum Gasteiger partial charge on any atom is -0.493 e. The Morgan fingerprint density at radius 3 is 2.56 bits per heavy atom. The normalized spacial score (nSPS) is 15.5. The van der Waals surface area contributed by atoms with E-state index in [9.17, 15) is 18.3 Å². The van der Waals surface area contributed by atoms with Crippen LogP contribution in [0.2, 0.25) is 5.02 Å². The standard InChI is InChI=1S/C25H26ClN3O6S/c1-34-23-9-7-21(15-24(23)35-2)36(32,33)29(20-10-12-28(16-20)25(30)31)22-8-6-18(26)13-17(22)14-19-5-3-4-11-27-19/h3-9,11,13,15,20H,10,12,14,16H2,1-2H3,(H,30,31)/t20-/m1/s1. The van der Waals surface area contributed by atoms with Crippen LogP contribution >= 0.6 is 11.6 Å². The summed E-state index contributed by atoms with van der Waals surface area (Å²) in [6, 6.07) is 14.2. The quantitative estimate of drug-likeness (QED) is 0.461. The maximum Gasteiger partial charge on any atom is 0.407 e. The first-order chi connectivity index (χ1) is 17.2. The number of methoxy groups -OCH3 is 2. The highest BCUT2D eigenvalue weighted by Crippen LogP contribution is 2.37. The summed E-state index contributed by atoms with van der Waals surface area (Å²) in [5, 5.41) is 9.97. The number of sulfonamides is 1. The van der Waals surface area contributed by atoms with Crippen LogP contribution < -0.4 is 13.8 Å². The Morgan fingerprint density at radius 2 is 1.92 bits per heavy atom. The second-order valence-corrected chi connectivity index (χ2v) is 10.5. The van der Waals surface area contributed by atoms with Crippen LogP contribution in [0.5, 0.6) is 11.5 Å². The fourth-order valence-corrected chi connectivity index (χ4v) is 6.25. The van der Waals surface area contributed by atoms with E-state index in [-0.39, 0.29) is 23.7 Å². The molecule has 2 heterocycles. The average molecular weight is 532 g/mol. The summed E-state index contributed by atoms with van der Waals surface area (Å²) in [7, 11) is -1.26. The smallest absolute Gasteiger partial charge is 0.407 e. The van der Waals surface area contributed by atoms with Gasteiger partial charge < -0.3 is 19.5 Å². The van der Waals surface area contributed by atoms with E-state index in [0.29, 0.717) is 34.9 Å². The van der Waals surface area contributed by atoms with Crippen LogP contribution in [-0.2, 0) is 16.4 Å². The summed E-state index contributed by atoms with van der Waals surface area (Å²) in [6.45, 7) is 0.259. The largest absolute Gasteiger partial charge is 0.493 e. The number of ether oxygens (including phenoxy) is 2. The number of aromatic nitrogens is 1. The Labute approximate surface area is 214 Å². The zero-order chi connectivity index (χ0) is 25.9. The van der Waals surface area contributed by atoms with Crippen LogP contribution in [-0.4, -0.2) is 62.9 Å². The van der Waals surface area contributed by atoms with E-state index in [1.807, 2.05) is 12.1 Å². The molecule has 9 nitrogen and oxygen atoms in total.